The number of rotatable bonds is 8. The van der Waals surface area contributed by atoms with Gasteiger partial charge in [-0.05, 0) is 13.0 Å². The highest BCUT2D eigenvalue weighted by Gasteiger charge is 2.42. The molecule has 0 amide bonds. The summed E-state index contributed by atoms with van der Waals surface area (Å²) in [6.07, 6.45) is -0.00848. The van der Waals surface area contributed by atoms with Crippen LogP contribution in [0.4, 0.5) is 0 Å². The summed E-state index contributed by atoms with van der Waals surface area (Å²) in [7, 11) is -14.2. The van der Waals surface area contributed by atoms with Crippen LogP contribution < -0.4 is 5.73 Å². The summed E-state index contributed by atoms with van der Waals surface area (Å²) in [5.74, 6) is -0.137. The summed E-state index contributed by atoms with van der Waals surface area (Å²) in [6, 6.07) is -0.136. The molecule has 0 bridgehead atoms. The first-order valence-corrected chi connectivity index (χ1v) is 10.5. The lowest BCUT2D eigenvalue weighted by atomic mass is 9.91. The SMILES string of the molecule is B[C@H]1CC(CN)[C@@H](COP(=O)(O)OP(=O)(O)OP(=O)(O)O)O1. The highest BCUT2D eigenvalue weighted by Crippen LogP contribution is 2.66. The molecule has 130 valence electrons. The zero-order valence-electron chi connectivity index (χ0n) is 11.4. The number of nitrogens with two attached hydrogens (primary N) is 1. The number of phosphoric ester groups is 1. The van der Waals surface area contributed by atoms with Gasteiger partial charge in [-0.2, -0.15) is 8.62 Å². The zero-order chi connectivity index (χ0) is 17.2. The second-order valence-electron chi connectivity index (χ2n) is 4.60. The molecule has 1 fully saturated rings. The lowest BCUT2D eigenvalue weighted by molar-refractivity contribution is 0.0258. The van der Waals surface area contributed by atoms with E-state index in [-0.39, 0.29) is 18.5 Å². The Bertz CT molecular complexity index is 524. The van der Waals surface area contributed by atoms with Crippen molar-refractivity contribution in [3.63, 3.8) is 0 Å². The predicted octanol–water partition coefficient (Wildman–Crippen LogP) is -1.35. The van der Waals surface area contributed by atoms with Crippen LogP contribution in [0.15, 0.2) is 0 Å². The van der Waals surface area contributed by atoms with E-state index in [1.807, 2.05) is 0 Å². The van der Waals surface area contributed by atoms with Gasteiger partial charge in [-0.15, -0.1) is 0 Å². The first-order chi connectivity index (χ1) is 9.84. The third kappa shape index (κ3) is 7.31. The van der Waals surface area contributed by atoms with Crippen LogP contribution in [0.3, 0.4) is 0 Å². The summed E-state index contributed by atoms with van der Waals surface area (Å²) < 4.78 is 50.1. The van der Waals surface area contributed by atoms with Crippen LogP contribution >= 0.6 is 23.5 Å². The maximum atomic E-state index is 11.5. The standard InChI is InChI=1S/C6H17BNO11P3/c7-6-1-4(2-8)5(17-6)3-16-21(12,13)19-22(14,15)18-20(9,10)11/h4-6H,1-3,7-8H2,(H,12,13)(H,14,15)(H2,9,10,11)/t4?,5-,6-/m1/s1. The van der Waals surface area contributed by atoms with E-state index >= 15 is 0 Å². The number of hydrogen-bond acceptors (Lipinski definition) is 8. The quantitative estimate of drug-likeness (QED) is 0.245. The topological polar surface area (TPSA) is 195 Å². The molecule has 0 aromatic heterocycles. The Labute approximate surface area is 126 Å². The van der Waals surface area contributed by atoms with Gasteiger partial charge in [0.2, 0.25) is 0 Å². The van der Waals surface area contributed by atoms with E-state index in [2.05, 4.69) is 13.1 Å². The molecule has 0 radical (unpaired) electrons. The summed E-state index contributed by atoms with van der Waals surface area (Å²) in [5, 5.41) is 0. The molecular weight excluding hydrogens is 366 g/mol. The van der Waals surface area contributed by atoms with E-state index in [0.29, 0.717) is 6.42 Å². The Hall–Kier alpha value is 0.395. The predicted molar refractivity (Wildman–Crippen MR) is 74.2 cm³/mol. The lowest BCUT2D eigenvalue weighted by Gasteiger charge is -2.20. The van der Waals surface area contributed by atoms with Crippen molar-refractivity contribution in [2.24, 2.45) is 11.7 Å². The van der Waals surface area contributed by atoms with Crippen molar-refractivity contribution in [2.75, 3.05) is 13.2 Å². The fraction of sp³-hybridized carbons (Fsp3) is 1.00. The maximum Gasteiger partial charge on any atom is 0.490 e. The molecule has 0 aliphatic carbocycles. The van der Waals surface area contributed by atoms with Gasteiger partial charge in [0.25, 0.3) is 0 Å². The molecule has 0 spiro atoms. The first-order valence-electron chi connectivity index (χ1n) is 5.97. The van der Waals surface area contributed by atoms with Crippen molar-refractivity contribution >= 4 is 31.3 Å². The fourth-order valence-corrected chi connectivity index (χ4v) is 4.97. The van der Waals surface area contributed by atoms with Gasteiger partial charge in [-0.1, -0.05) is 0 Å². The van der Waals surface area contributed by atoms with E-state index < -0.39 is 36.2 Å². The van der Waals surface area contributed by atoms with Crippen molar-refractivity contribution < 1.29 is 51.2 Å². The minimum atomic E-state index is -5.50. The van der Waals surface area contributed by atoms with Crippen molar-refractivity contribution in [2.45, 2.75) is 18.5 Å². The van der Waals surface area contributed by atoms with Gasteiger partial charge in [0.15, 0.2) is 0 Å². The zero-order valence-corrected chi connectivity index (χ0v) is 14.1. The van der Waals surface area contributed by atoms with Crippen molar-refractivity contribution in [1.82, 2.24) is 0 Å². The Kier molecular flexibility index (Phi) is 6.99. The Morgan fingerprint density at radius 2 is 1.73 bits per heavy atom. The third-order valence-corrected chi connectivity index (χ3v) is 6.49. The van der Waals surface area contributed by atoms with Gasteiger partial charge < -0.3 is 30.0 Å². The second-order valence-corrected chi connectivity index (χ2v) is 9.02. The molecule has 22 heavy (non-hydrogen) atoms. The molecule has 1 aliphatic heterocycles. The molecule has 16 heteroatoms. The molecule has 1 heterocycles. The highest BCUT2D eigenvalue weighted by atomic mass is 31.3. The molecule has 1 aliphatic rings. The normalized spacial score (nSPS) is 31.6. The van der Waals surface area contributed by atoms with Crippen LogP contribution in [0.5, 0.6) is 0 Å². The summed E-state index contributed by atoms with van der Waals surface area (Å²) in [6.45, 7) is -0.218. The maximum absolute atomic E-state index is 11.5. The van der Waals surface area contributed by atoms with E-state index in [1.54, 1.807) is 7.85 Å². The van der Waals surface area contributed by atoms with Crippen LogP contribution in [-0.2, 0) is 31.6 Å². The second kappa shape index (κ2) is 7.52. The Morgan fingerprint density at radius 1 is 1.14 bits per heavy atom. The van der Waals surface area contributed by atoms with Crippen LogP contribution in [0.1, 0.15) is 6.42 Å². The average molecular weight is 383 g/mol. The summed E-state index contributed by atoms with van der Waals surface area (Å²) >= 11 is 0. The molecule has 0 aromatic rings. The Morgan fingerprint density at radius 3 is 2.23 bits per heavy atom. The molecular formula is C6H17BNO11P3. The van der Waals surface area contributed by atoms with Gasteiger partial charge in [0.1, 0.15) is 7.85 Å². The Balaban J connectivity index is 2.59. The minimum Gasteiger partial charge on any atom is -0.381 e. The van der Waals surface area contributed by atoms with Gasteiger partial charge in [0, 0.05) is 11.9 Å². The molecule has 3 unspecified atom stereocenters. The average Bonchev–Trinajstić information content (AvgIpc) is 2.62. The van der Waals surface area contributed by atoms with Gasteiger partial charge in [0.05, 0.1) is 12.7 Å². The van der Waals surface area contributed by atoms with Gasteiger partial charge in [-0.25, -0.2) is 13.7 Å². The number of hydrogen-bond donors (Lipinski definition) is 5. The van der Waals surface area contributed by atoms with Gasteiger partial charge in [-0.3, -0.25) is 4.52 Å². The van der Waals surface area contributed by atoms with E-state index in [0.717, 1.165) is 0 Å². The highest BCUT2D eigenvalue weighted by molar-refractivity contribution is 7.66. The molecule has 6 N–H and O–H groups in total. The van der Waals surface area contributed by atoms with Crippen molar-refractivity contribution in [1.29, 1.82) is 0 Å². The molecule has 1 saturated heterocycles. The first kappa shape index (κ1) is 20.4. The van der Waals surface area contributed by atoms with Gasteiger partial charge >= 0.3 is 23.5 Å². The molecule has 5 atom stereocenters. The summed E-state index contributed by atoms with van der Waals surface area (Å²) in [4.78, 5) is 35.0. The monoisotopic (exact) mass is 383 g/mol. The van der Waals surface area contributed by atoms with E-state index in [1.165, 1.54) is 0 Å². The number of phosphoric acid groups is 3. The van der Waals surface area contributed by atoms with Crippen LogP contribution in [-0.4, -0.2) is 52.7 Å². The molecule has 12 nitrogen and oxygen atoms in total. The molecule has 1 rings (SSSR count). The van der Waals surface area contributed by atoms with E-state index in [9.17, 15) is 18.6 Å². The summed E-state index contributed by atoms with van der Waals surface area (Å²) in [5.41, 5.74) is 5.51. The van der Waals surface area contributed by atoms with Crippen LogP contribution in [0, 0.1) is 5.92 Å². The molecule has 0 aromatic carbocycles. The van der Waals surface area contributed by atoms with Crippen LogP contribution in [0.25, 0.3) is 0 Å². The number of ether oxygens (including phenoxy) is 1. The smallest absolute Gasteiger partial charge is 0.381 e. The lowest BCUT2D eigenvalue weighted by Crippen LogP contribution is -2.27. The van der Waals surface area contributed by atoms with E-state index in [4.69, 9.17) is 25.2 Å². The van der Waals surface area contributed by atoms with Crippen molar-refractivity contribution in [3.05, 3.63) is 0 Å². The molecule has 0 saturated carbocycles. The van der Waals surface area contributed by atoms with Crippen LogP contribution in [0.2, 0.25) is 0 Å². The largest absolute Gasteiger partial charge is 0.490 e. The third-order valence-electron chi connectivity index (χ3n) is 2.69. The van der Waals surface area contributed by atoms with Crippen molar-refractivity contribution in [3.8, 4) is 0 Å². The fourth-order valence-electron chi connectivity index (χ4n) is 1.94. The minimum absolute atomic E-state index is 0.136.